The third-order valence-electron chi connectivity index (χ3n) is 3.39. The average molecular weight is 337 g/mol. The van der Waals surface area contributed by atoms with Gasteiger partial charge in [-0.2, -0.15) is 10.4 Å². The second kappa shape index (κ2) is 6.99. The van der Waals surface area contributed by atoms with Crippen LogP contribution in [0.3, 0.4) is 0 Å². The molecule has 0 unspecified atom stereocenters. The molecule has 1 N–H and O–H groups in total. The topological polar surface area (TPSA) is 70.7 Å². The monoisotopic (exact) mass is 336 g/mol. The number of benzene rings is 2. The van der Waals surface area contributed by atoms with Crippen molar-refractivity contribution in [3.63, 3.8) is 0 Å². The highest BCUT2D eigenvalue weighted by atomic mass is 35.5. The van der Waals surface area contributed by atoms with E-state index in [1.807, 2.05) is 30.3 Å². The van der Waals surface area contributed by atoms with E-state index in [4.69, 9.17) is 16.9 Å². The Labute approximate surface area is 144 Å². The molecule has 3 aromatic rings. The van der Waals surface area contributed by atoms with Crippen LogP contribution in [0.5, 0.6) is 0 Å². The van der Waals surface area contributed by atoms with E-state index >= 15 is 0 Å². The van der Waals surface area contributed by atoms with Gasteiger partial charge in [0.2, 0.25) is 0 Å². The van der Waals surface area contributed by atoms with Gasteiger partial charge in [0.15, 0.2) is 5.82 Å². The largest absolute Gasteiger partial charge is 0.305 e. The number of hydrogen-bond donors (Lipinski definition) is 1. The SMILES string of the molecule is N#Cc1cccc(C(=O)Nc2ccn(Cc3ccc(Cl)cc3)n2)c1. The number of halogens is 1. The molecule has 1 amide bonds. The van der Waals surface area contributed by atoms with Crippen molar-refractivity contribution in [2.24, 2.45) is 0 Å². The fraction of sp³-hybridized carbons (Fsp3) is 0.0556. The first-order chi connectivity index (χ1) is 11.6. The Balaban J connectivity index is 1.68. The Morgan fingerprint density at radius 2 is 2.00 bits per heavy atom. The minimum absolute atomic E-state index is 0.302. The summed E-state index contributed by atoms with van der Waals surface area (Å²) in [6.45, 7) is 0.580. The zero-order chi connectivity index (χ0) is 16.9. The Morgan fingerprint density at radius 3 is 2.75 bits per heavy atom. The van der Waals surface area contributed by atoms with Gasteiger partial charge in [0.25, 0.3) is 5.91 Å². The molecule has 0 atom stereocenters. The van der Waals surface area contributed by atoms with Gasteiger partial charge in [0.1, 0.15) is 0 Å². The number of nitrogens with zero attached hydrogens (tertiary/aromatic N) is 3. The predicted octanol–water partition coefficient (Wildman–Crippen LogP) is 3.71. The molecule has 0 spiro atoms. The molecule has 0 bridgehead atoms. The van der Waals surface area contributed by atoms with Crippen LogP contribution in [0.1, 0.15) is 21.5 Å². The first-order valence-electron chi connectivity index (χ1n) is 7.23. The first-order valence-corrected chi connectivity index (χ1v) is 7.61. The van der Waals surface area contributed by atoms with E-state index in [-0.39, 0.29) is 5.91 Å². The summed E-state index contributed by atoms with van der Waals surface area (Å²) in [5.74, 6) is 0.153. The summed E-state index contributed by atoms with van der Waals surface area (Å²) in [6.07, 6.45) is 1.79. The number of hydrogen-bond acceptors (Lipinski definition) is 3. The summed E-state index contributed by atoms with van der Waals surface area (Å²) in [7, 11) is 0. The van der Waals surface area contributed by atoms with Gasteiger partial charge < -0.3 is 5.32 Å². The van der Waals surface area contributed by atoms with Crippen molar-refractivity contribution in [1.82, 2.24) is 9.78 Å². The average Bonchev–Trinajstić information content (AvgIpc) is 3.04. The molecule has 0 aliphatic heterocycles. The maximum absolute atomic E-state index is 12.2. The Morgan fingerprint density at radius 1 is 1.21 bits per heavy atom. The first kappa shape index (κ1) is 15.8. The molecule has 1 heterocycles. The molecule has 24 heavy (non-hydrogen) atoms. The molecule has 6 heteroatoms. The van der Waals surface area contributed by atoms with E-state index in [9.17, 15) is 4.79 Å². The number of anilines is 1. The second-order valence-electron chi connectivity index (χ2n) is 5.17. The highest BCUT2D eigenvalue weighted by Gasteiger charge is 2.09. The van der Waals surface area contributed by atoms with Crippen molar-refractivity contribution in [2.45, 2.75) is 6.54 Å². The minimum atomic E-state index is -0.302. The number of nitrogens with one attached hydrogen (secondary N) is 1. The van der Waals surface area contributed by atoms with Crippen LogP contribution < -0.4 is 5.32 Å². The van der Waals surface area contributed by atoms with Crippen LogP contribution >= 0.6 is 11.6 Å². The zero-order valence-electron chi connectivity index (χ0n) is 12.6. The highest BCUT2D eigenvalue weighted by molar-refractivity contribution is 6.30. The van der Waals surface area contributed by atoms with Crippen LogP contribution in [0.2, 0.25) is 5.02 Å². The van der Waals surface area contributed by atoms with Gasteiger partial charge in [-0.3, -0.25) is 9.48 Å². The van der Waals surface area contributed by atoms with Crippen LogP contribution in [-0.2, 0) is 6.54 Å². The summed E-state index contributed by atoms with van der Waals surface area (Å²) in [5.41, 5.74) is 1.92. The second-order valence-corrected chi connectivity index (χ2v) is 5.61. The van der Waals surface area contributed by atoms with Gasteiger partial charge in [-0.05, 0) is 35.9 Å². The maximum atomic E-state index is 12.2. The lowest BCUT2D eigenvalue weighted by Crippen LogP contribution is -2.13. The molecule has 0 aliphatic rings. The molecule has 0 saturated heterocycles. The standard InChI is InChI=1S/C18H13ClN4O/c19-16-6-4-13(5-7-16)12-23-9-8-17(22-23)21-18(24)15-3-1-2-14(10-15)11-20/h1-10H,12H2,(H,21,22,24). The van der Waals surface area contributed by atoms with Crippen LogP contribution in [0.25, 0.3) is 0 Å². The van der Waals surface area contributed by atoms with E-state index in [1.54, 1.807) is 41.2 Å². The number of aromatic nitrogens is 2. The molecule has 2 aromatic carbocycles. The molecular formula is C18H13ClN4O. The molecule has 3 rings (SSSR count). The lowest BCUT2D eigenvalue weighted by atomic mass is 10.1. The van der Waals surface area contributed by atoms with Crippen molar-refractivity contribution in [1.29, 1.82) is 5.26 Å². The molecule has 118 valence electrons. The zero-order valence-corrected chi connectivity index (χ0v) is 13.4. The molecule has 5 nitrogen and oxygen atoms in total. The fourth-order valence-electron chi connectivity index (χ4n) is 2.21. The molecule has 0 fully saturated rings. The van der Waals surface area contributed by atoms with Crippen molar-refractivity contribution in [2.75, 3.05) is 5.32 Å². The van der Waals surface area contributed by atoms with Crippen molar-refractivity contribution >= 4 is 23.3 Å². The molecule has 0 radical (unpaired) electrons. The van der Waals surface area contributed by atoms with Gasteiger partial charge in [-0.1, -0.05) is 29.8 Å². The molecule has 1 aromatic heterocycles. The Bertz CT molecular complexity index is 909. The minimum Gasteiger partial charge on any atom is -0.305 e. The quantitative estimate of drug-likeness (QED) is 0.789. The summed E-state index contributed by atoms with van der Waals surface area (Å²) in [6, 6.07) is 17.8. The number of amides is 1. The van der Waals surface area contributed by atoms with Crippen molar-refractivity contribution < 1.29 is 4.79 Å². The van der Waals surface area contributed by atoms with Crippen LogP contribution in [-0.4, -0.2) is 15.7 Å². The summed E-state index contributed by atoms with van der Waals surface area (Å²) in [4.78, 5) is 12.2. The highest BCUT2D eigenvalue weighted by Crippen LogP contribution is 2.12. The lowest BCUT2D eigenvalue weighted by molar-refractivity contribution is 0.102. The van der Waals surface area contributed by atoms with Crippen LogP contribution in [0, 0.1) is 11.3 Å². The van der Waals surface area contributed by atoms with Crippen LogP contribution in [0.15, 0.2) is 60.8 Å². The third-order valence-corrected chi connectivity index (χ3v) is 3.65. The van der Waals surface area contributed by atoms with E-state index in [0.717, 1.165) is 5.56 Å². The van der Waals surface area contributed by atoms with E-state index < -0.39 is 0 Å². The molecule has 0 aliphatic carbocycles. The number of carbonyl (C=O) groups is 1. The van der Waals surface area contributed by atoms with Gasteiger partial charge in [-0.25, -0.2) is 0 Å². The van der Waals surface area contributed by atoms with E-state index in [1.165, 1.54) is 0 Å². The summed E-state index contributed by atoms with van der Waals surface area (Å²) < 4.78 is 1.73. The van der Waals surface area contributed by atoms with Gasteiger partial charge in [0, 0.05) is 22.8 Å². The lowest BCUT2D eigenvalue weighted by Gasteiger charge is -2.04. The number of nitriles is 1. The smallest absolute Gasteiger partial charge is 0.256 e. The fourth-order valence-corrected chi connectivity index (χ4v) is 2.34. The number of rotatable bonds is 4. The van der Waals surface area contributed by atoms with Gasteiger partial charge in [0.05, 0.1) is 18.2 Å². The van der Waals surface area contributed by atoms with Crippen molar-refractivity contribution in [3.05, 3.63) is 82.5 Å². The van der Waals surface area contributed by atoms with E-state index in [0.29, 0.717) is 28.5 Å². The van der Waals surface area contributed by atoms with Crippen LogP contribution in [0.4, 0.5) is 5.82 Å². The molecule has 0 saturated carbocycles. The van der Waals surface area contributed by atoms with Crippen molar-refractivity contribution in [3.8, 4) is 6.07 Å². The summed E-state index contributed by atoms with van der Waals surface area (Å²) >= 11 is 5.87. The Hall–Kier alpha value is -3.10. The third kappa shape index (κ3) is 3.80. The number of carbonyl (C=O) groups excluding carboxylic acids is 1. The summed E-state index contributed by atoms with van der Waals surface area (Å²) in [5, 5.41) is 16.6. The normalized spacial score (nSPS) is 10.2. The molecular weight excluding hydrogens is 324 g/mol. The van der Waals surface area contributed by atoms with Gasteiger partial charge in [-0.15, -0.1) is 0 Å². The van der Waals surface area contributed by atoms with E-state index in [2.05, 4.69) is 10.4 Å². The predicted molar refractivity (Wildman–Crippen MR) is 91.9 cm³/mol. The maximum Gasteiger partial charge on any atom is 0.256 e. The van der Waals surface area contributed by atoms with Gasteiger partial charge >= 0.3 is 0 Å². The Kier molecular flexibility index (Phi) is 4.59.